The number of carbonyl (C=O) groups is 1. The maximum absolute atomic E-state index is 10.8. The van der Waals surface area contributed by atoms with Crippen molar-refractivity contribution in [1.29, 1.82) is 0 Å². The molecule has 1 aliphatic rings. The largest absolute Gasteiger partial charge is 0.480 e. The smallest absolute Gasteiger partial charge is 0.323 e. The zero-order valence-corrected chi connectivity index (χ0v) is 8.41. The predicted molar refractivity (Wildman–Crippen MR) is 48.2 cm³/mol. The number of hydroxylamine groups is 2. The normalized spacial score (nSPS) is 25.0. The van der Waals surface area contributed by atoms with Crippen LogP contribution in [-0.2, 0) is 9.63 Å². The molecule has 0 amide bonds. The summed E-state index contributed by atoms with van der Waals surface area (Å²) in [5, 5.41) is 10.4. The summed E-state index contributed by atoms with van der Waals surface area (Å²) >= 11 is 0. The van der Waals surface area contributed by atoms with E-state index >= 15 is 0 Å². The van der Waals surface area contributed by atoms with Gasteiger partial charge in [0.1, 0.15) is 6.04 Å². The Morgan fingerprint density at radius 1 is 1.54 bits per heavy atom. The second-order valence-electron chi connectivity index (χ2n) is 4.34. The van der Waals surface area contributed by atoms with Crippen molar-refractivity contribution in [2.75, 3.05) is 6.54 Å². The highest BCUT2D eigenvalue weighted by atomic mass is 16.7. The van der Waals surface area contributed by atoms with E-state index in [0.717, 1.165) is 6.42 Å². The molecular formula is C9H17NO3. The van der Waals surface area contributed by atoms with E-state index in [1.807, 2.05) is 20.8 Å². The topological polar surface area (TPSA) is 49.8 Å². The van der Waals surface area contributed by atoms with E-state index < -0.39 is 12.0 Å². The van der Waals surface area contributed by atoms with E-state index in [9.17, 15) is 4.79 Å². The summed E-state index contributed by atoms with van der Waals surface area (Å²) in [4.78, 5) is 16.3. The minimum Gasteiger partial charge on any atom is -0.480 e. The van der Waals surface area contributed by atoms with Gasteiger partial charge in [-0.3, -0.25) is 9.63 Å². The fourth-order valence-corrected chi connectivity index (χ4v) is 1.45. The standard InChI is InChI=1S/C9H17NO3/c1-9(2,3)13-10-6-4-5-7(10)8(11)12/h7H,4-6H2,1-3H3,(H,11,12). The van der Waals surface area contributed by atoms with Crippen molar-refractivity contribution in [3.05, 3.63) is 0 Å². The summed E-state index contributed by atoms with van der Waals surface area (Å²) in [6.45, 7) is 6.48. The lowest BCUT2D eigenvalue weighted by Gasteiger charge is -2.29. The number of carboxylic acids is 1. The molecule has 1 rings (SSSR count). The van der Waals surface area contributed by atoms with Crippen molar-refractivity contribution < 1.29 is 14.7 Å². The summed E-state index contributed by atoms with van der Waals surface area (Å²) in [5.41, 5.74) is -0.307. The second kappa shape index (κ2) is 3.64. The molecule has 0 aromatic rings. The Hall–Kier alpha value is -0.610. The van der Waals surface area contributed by atoms with Crippen LogP contribution >= 0.6 is 0 Å². The molecule has 0 radical (unpaired) electrons. The van der Waals surface area contributed by atoms with Crippen molar-refractivity contribution in [3.8, 4) is 0 Å². The Bertz CT molecular complexity index is 198. The van der Waals surface area contributed by atoms with Gasteiger partial charge in [0.05, 0.1) is 5.60 Å². The van der Waals surface area contributed by atoms with Gasteiger partial charge in [-0.1, -0.05) is 0 Å². The average molecular weight is 187 g/mol. The van der Waals surface area contributed by atoms with Gasteiger partial charge in [-0.15, -0.1) is 0 Å². The Morgan fingerprint density at radius 2 is 2.15 bits per heavy atom. The van der Waals surface area contributed by atoms with Crippen molar-refractivity contribution in [1.82, 2.24) is 5.06 Å². The first kappa shape index (κ1) is 10.5. The first-order valence-corrected chi connectivity index (χ1v) is 4.59. The van der Waals surface area contributed by atoms with Gasteiger partial charge in [0.2, 0.25) is 0 Å². The van der Waals surface area contributed by atoms with E-state index in [1.54, 1.807) is 5.06 Å². The molecule has 1 N–H and O–H groups in total. The molecule has 0 spiro atoms. The third-order valence-corrected chi connectivity index (χ3v) is 1.88. The monoisotopic (exact) mass is 187 g/mol. The zero-order chi connectivity index (χ0) is 10.1. The summed E-state index contributed by atoms with van der Waals surface area (Å²) < 4.78 is 0. The fourth-order valence-electron chi connectivity index (χ4n) is 1.45. The van der Waals surface area contributed by atoms with Gasteiger partial charge in [0.15, 0.2) is 0 Å². The van der Waals surface area contributed by atoms with Crippen LogP contribution in [0.3, 0.4) is 0 Å². The SMILES string of the molecule is CC(C)(C)ON1CCCC1C(=O)O. The minimum absolute atomic E-state index is 0.307. The molecule has 0 aromatic carbocycles. The lowest BCUT2D eigenvalue weighted by atomic mass is 10.2. The van der Waals surface area contributed by atoms with Crippen molar-refractivity contribution in [2.45, 2.75) is 45.3 Å². The van der Waals surface area contributed by atoms with Crippen LogP contribution in [0.1, 0.15) is 33.6 Å². The molecule has 1 aliphatic heterocycles. The van der Waals surface area contributed by atoms with Crippen LogP contribution in [0, 0.1) is 0 Å². The molecule has 13 heavy (non-hydrogen) atoms. The van der Waals surface area contributed by atoms with E-state index in [2.05, 4.69) is 0 Å². The molecule has 0 aliphatic carbocycles. The number of hydrogen-bond acceptors (Lipinski definition) is 3. The van der Waals surface area contributed by atoms with Crippen LogP contribution in [0.5, 0.6) is 0 Å². The van der Waals surface area contributed by atoms with Gasteiger partial charge in [0.25, 0.3) is 0 Å². The molecule has 0 saturated carbocycles. The molecule has 76 valence electrons. The van der Waals surface area contributed by atoms with Crippen LogP contribution in [0.25, 0.3) is 0 Å². The number of aliphatic carboxylic acids is 1. The number of rotatable bonds is 2. The zero-order valence-electron chi connectivity index (χ0n) is 8.41. The molecule has 1 heterocycles. The Balaban J connectivity index is 2.54. The highest BCUT2D eigenvalue weighted by molar-refractivity contribution is 5.73. The van der Waals surface area contributed by atoms with E-state index in [4.69, 9.17) is 9.94 Å². The van der Waals surface area contributed by atoms with Crippen molar-refractivity contribution in [3.63, 3.8) is 0 Å². The van der Waals surface area contributed by atoms with Crippen LogP contribution < -0.4 is 0 Å². The lowest BCUT2D eigenvalue weighted by molar-refractivity contribution is -0.237. The summed E-state index contributed by atoms with van der Waals surface area (Å²) in [5.74, 6) is -0.790. The molecule has 0 bridgehead atoms. The molecule has 1 atom stereocenters. The van der Waals surface area contributed by atoms with Crippen LogP contribution in [0.2, 0.25) is 0 Å². The lowest BCUT2D eigenvalue weighted by Crippen LogP contribution is -2.41. The molecule has 4 nitrogen and oxygen atoms in total. The van der Waals surface area contributed by atoms with E-state index in [1.165, 1.54) is 0 Å². The first-order valence-electron chi connectivity index (χ1n) is 4.59. The quantitative estimate of drug-likeness (QED) is 0.707. The van der Waals surface area contributed by atoms with Gasteiger partial charge in [-0.25, -0.2) is 0 Å². The molecule has 1 saturated heterocycles. The second-order valence-corrected chi connectivity index (χ2v) is 4.34. The molecule has 1 fully saturated rings. The average Bonchev–Trinajstić information content (AvgIpc) is 2.31. The van der Waals surface area contributed by atoms with Crippen LogP contribution in [0.4, 0.5) is 0 Å². The number of carboxylic acid groups (broad SMARTS) is 1. The molecule has 0 aromatic heterocycles. The van der Waals surface area contributed by atoms with Crippen LogP contribution in [0.15, 0.2) is 0 Å². The Kier molecular flexibility index (Phi) is 2.93. The maximum Gasteiger partial charge on any atom is 0.323 e. The molecule has 1 unspecified atom stereocenters. The van der Waals surface area contributed by atoms with Crippen molar-refractivity contribution >= 4 is 5.97 Å². The summed E-state index contributed by atoms with van der Waals surface area (Å²) in [7, 11) is 0. The summed E-state index contributed by atoms with van der Waals surface area (Å²) in [6.07, 6.45) is 1.58. The Morgan fingerprint density at radius 3 is 2.62 bits per heavy atom. The maximum atomic E-state index is 10.8. The van der Waals surface area contributed by atoms with Crippen LogP contribution in [-0.4, -0.2) is 34.3 Å². The minimum atomic E-state index is -0.790. The van der Waals surface area contributed by atoms with E-state index in [-0.39, 0.29) is 5.60 Å². The van der Waals surface area contributed by atoms with Gasteiger partial charge < -0.3 is 5.11 Å². The summed E-state index contributed by atoms with van der Waals surface area (Å²) in [6, 6.07) is -0.459. The third-order valence-electron chi connectivity index (χ3n) is 1.88. The molecular weight excluding hydrogens is 170 g/mol. The van der Waals surface area contributed by atoms with Gasteiger partial charge in [0, 0.05) is 6.54 Å². The highest BCUT2D eigenvalue weighted by Crippen LogP contribution is 2.22. The van der Waals surface area contributed by atoms with Gasteiger partial charge in [-0.05, 0) is 33.6 Å². The van der Waals surface area contributed by atoms with E-state index in [0.29, 0.717) is 13.0 Å². The van der Waals surface area contributed by atoms with Crippen molar-refractivity contribution in [2.24, 2.45) is 0 Å². The predicted octanol–water partition coefficient (Wildman–Crippen LogP) is 1.27. The molecule has 4 heteroatoms. The third kappa shape index (κ3) is 2.97. The highest BCUT2D eigenvalue weighted by Gasteiger charge is 2.33. The Labute approximate surface area is 78.4 Å². The fraction of sp³-hybridized carbons (Fsp3) is 0.889. The first-order chi connectivity index (χ1) is 5.90. The number of nitrogens with zero attached hydrogens (tertiary/aromatic N) is 1. The van der Waals surface area contributed by atoms with Gasteiger partial charge >= 0.3 is 5.97 Å². The van der Waals surface area contributed by atoms with Gasteiger partial charge in [-0.2, -0.15) is 5.06 Å². The number of hydrogen-bond donors (Lipinski definition) is 1.